The van der Waals surface area contributed by atoms with Gasteiger partial charge in [-0.2, -0.15) is 0 Å². The zero-order valence-electron chi connectivity index (χ0n) is 27.7. The lowest BCUT2D eigenvalue weighted by Crippen LogP contribution is -2.54. The van der Waals surface area contributed by atoms with Gasteiger partial charge in [0.2, 0.25) is 11.8 Å². The molecule has 4 N–H and O–H groups in total. The Labute approximate surface area is 276 Å². The highest BCUT2D eigenvalue weighted by molar-refractivity contribution is 5.97. The van der Waals surface area contributed by atoms with Gasteiger partial charge in [0.1, 0.15) is 31.1 Å². The van der Waals surface area contributed by atoms with Gasteiger partial charge >= 0.3 is 5.97 Å². The quantitative estimate of drug-likeness (QED) is 0.233. The molecular weight excluding hydrogens is 604 g/mol. The highest BCUT2D eigenvalue weighted by Gasteiger charge is 2.56. The van der Waals surface area contributed by atoms with E-state index in [1.807, 2.05) is 18.2 Å². The highest BCUT2D eigenvalue weighted by Crippen LogP contribution is 2.59. The van der Waals surface area contributed by atoms with Crippen molar-refractivity contribution in [2.75, 3.05) is 19.9 Å². The minimum absolute atomic E-state index is 0.0122. The second kappa shape index (κ2) is 13.4. The lowest BCUT2D eigenvalue weighted by atomic mass is 9.52. The summed E-state index contributed by atoms with van der Waals surface area (Å²) in [5.41, 5.74) is 3.35. The van der Waals surface area contributed by atoms with Gasteiger partial charge in [-0.1, -0.05) is 37.6 Å². The average Bonchev–Trinajstić information content (AvgIpc) is 3.41. The molecule has 0 bridgehead atoms. The van der Waals surface area contributed by atoms with Crippen molar-refractivity contribution in [2.24, 2.45) is 17.3 Å². The van der Waals surface area contributed by atoms with Gasteiger partial charge in [-0.15, -0.1) is 0 Å². The average molecular weight is 653 g/mol. The third kappa shape index (κ3) is 7.19. The number of esters is 1. The maximum Gasteiger partial charge on any atom is 0.338 e. The monoisotopic (exact) mass is 652 g/mol. The number of amides is 2. The minimum atomic E-state index is -1.24. The Morgan fingerprint density at radius 3 is 2.72 bits per heavy atom. The molecule has 4 fully saturated rings. The summed E-state index contributed by atoms with van der Waals surface area (Å²) in [6.07, 6.45) is 6.42. The summed E-state index contributed by atoms with van der Waals surface area (Å²) in [5.74, 6) is -0.606. The lowest BCUT2D eigenvalue weighted by Gasteiger charge is -2.53. The van der Waals surface area contributed by atoms with Crippen LogP contribution in [0.5, 0.6) is 0 Å². The fourth-order valence-electron chi connectivity index (χ4n) is 8.03. The molecule has 2 aliphatic heterocycles. The van der Waals surface area contributed by atoms with Gasteiger partial charge in [-0.3, -0.25) is 9.59 Å². The van der Waals surface area contributed by atoms with Crippen molar-refractivity contribution in [1.82, 2.24) is 10.6 Å². The second-order valence-electron chi connectivity index (χ2n) is 14.7. The normalized spacial score (nSPS) is 34.4. The van der Waals surface area contributed by atoms with Crippen LogP contribution in [0.2, 0.25) is 0 Å². The van der Waals surface area contributed by atoms with Gasteiger partial charge in [-0.05, 0) is 87.0 Å². The Morgan fingerprint density at radius 1 is 1.17 bits per heavy atom. The molecule has 11 heteroatoms. The largest absolute Gasteiger partial charge is 0.456 e. The molecule has 0 spiro atoms. The standard InChI is InChI=1S/C36H48N2O9/c1-20(40)30(33(42)37-12-13-39)38-32(41)24-16-27-31(45-19-44-27)28(17-24)46-34(43)23-7-5-6-21(15-23)14-22-8-9-29-36(4,47-29)11-10-26-25(22)18-35(26,2)3/h5-7,14-16,20,25-31,39-40H,8-13,17-19H2,1-4H3,(H,37,42)(H,38,41)/t20-,25+,26+,27+,28+,29?,30+,31+,36+/m0/s1. The van der Waals surface area contributed by atoms with Crippen LogP contribution in [0.15, 0.2) is 41.5 Å². The van der Waals surface area contributed by atoms with Gasteiger partial charge in [0.25, 0.3) is 0 Å². The Bertz CT molecular complexity index is 1440. The number of epoxide rings is 1. The van der Waals surface area contributed by atoms with Crippen LogP contribution in [0.25, 0.3) is 6.08 Å². The summed E-state index contributed by atoms with van der Waals surface area (Å²) < 4.78 is 23.5. The van der Waals surface area contributed by atoms with Gasteiger partial charge in [0.05, 0.1) is 30.0 Å². The predicted molar refractivity (Wildman–Crippen MR) is 172 cm³/mol. The van der Waals surface area contributed by atoms with Crippen molar-refractivity contribution in [3.8, 4) is 0 Å². The number of ether oxygens (including phenoxy) is 4. The van der Waals surface area contributed by atoms with E-state index in [1.54, 1.807) is 12.1 Å². The van der Waals surface area contributed by atoms with E-state index in [2.05, 4.69) is 37.5 Å². The van der Waals surface area contributed by atoms with Crippen LogP contribution >= 0.6 is 0 Å². The molecule has 0 aromatic heterocycles. The number of hydrogen-bond donors (Lipinski definition) is 4. The van der Waals surface area contributed by atoms with E-state index in [-0.39, 0.29) is 37.5 Å². The molecule has 11 nitrogen and oxygen atoms in total. The lowest BCUT2D eigenvalue weighted by molar-refractivity contribution is -0.130. The zero-order chi connectivity index (χ0) is 33.5. The highest BCUT2D eigenvalue weighted by atomic mass is 16.7. The van der Waals surface area contributed by atoms with Gasteiger partial charge in [-0.25, -0.2) is 4.79 Å². The van der Waals surface area contributed by atoms with Crippen molar-refractivity contribution in [3.05, 3.63) is 52.6 Å². The molecule has 0 radical (unpaired) electrons. The van der Waals surface area contributed by atoms with Crippen LogP contribution in [0.1, 0.15) is 82.1 Å². The smallest absolute Gasteiger partial charge is 0.338 e. The van der Waals surface area contributed by atoms with Crippen LogP contribution in [0.3, 0.4) is 0 Å². The van der Waals surface area contributed by atoms with E-state index >= 15 is 0 Å². The van der Waals surface area contributed by atoms with E-state index in [1.165, 1.54) is 12.5 Å². The molecule has 2 amide bonds. The summed E-state index contributed by atoms with van der Waals surface area (Å²) in [4.78, 5) is 39.3. The fraction of sp³-hybridized carbons (Fsp3) is 0.639. The Balaban J connectivity index is 1.15. The first-order valence-electron chi connectivity index (χ1n) is 16.9. The number of carbonyl (C=O) groups is 3. The number of rotatable bonds is 9. The van der Waals surface area contributed by atoms with Crippen molar-refractivity contribution >= 4 is 23.9 Å². The third-order valence-corrected chi connectivity index (χ3v) is 10.9. The number of allylic oxidation sites excluding steroid dienone is 1. The molecule has 256 valence electrons. The molecule has 2 saturated carbocycles. The maximum absolute atomic E-state index is 13.5. The summed E-state index contributed by atoms with van der Waals surface area (Å²) in [7, 11) is 0. The van der Waals surface area contributed by atoms with E-state index in [0.29, 0.717) is 28.9 Å². The number of hydrogen-bond acceptors (Lipinski definition) is 9. The Kier molecular flexibility index (Phi) is 9.66. The summed E-state index contributed by atoms with van der Waals surface area (Å²) in [5, 5.41) is 24.2. The number of nitrogens with one attached hydrogen (secondary N) is 2. The maximum atomic E-state index is 13.5. The molecule has 1 aromatic rings. The predicted octanol–water partition coefficient (Wildman–Crippen LogP) is 3.03. The number of aliphatic hydroxyl groups is 2. The first-order valence-corrected chi connectivity index (χ1v) is 16.9. The molecule has 6 rings (SSSR count). The SMILES string of the molecule is C[C@H](O)[C@@H](NC(=O)C1=C[C@H]2OCO[C@H]2[C@H](OC(=O)c2cccc(C=C3CCC4O[C@]4(C)CC[C@@H]4[C@@H]3CC4(C)C)c2)C1)C(=O)NCCO. The van der Waals surface area contributed by atoms with Crippen molar-refractivity contribution in [1.29, 1.82) is 0 Å². The Hall–Kier alpha value is -3.09. The van der Waals surface area contributed by atoms with Crippen molar-refractivity contribution in [2.45, 2.75) is 108 Å². The molecule has 5 aliphatic rings. The summed E-state index contributed by atoms with van der Waals surface area (Å²) in [6, 6.07) is 6.21. The second-order valence-corrected chi connectivity index (χ2v) is 14.7. The number of benzene rings is 1. The number of fused-ring (bicyclic) bond motifs is 3. The third-order valence-electron chi connectivity index (χ3n) is 10.9. The zero-order valence-corrected chi connectivity index (χ0v) is 27.7. The Morgan fingerprint density at radius 2 is 1.98 bits per heavy atom. The molecule has 2 heterocycles. The van der Waals surface area contributed by atoms with Crippen LogP contribution < -0.4 is 10.6 Å². The molecule has 9 atom stereocenters. The van der Waals surface area contributed by atoms with Gasteiger partial charge in [0.15, 0.2) is 0 Å². The van der Waals surface area contributed by atoms with Crippen LogP contribution in [-0.2, 0) is 28.5 Å². The molecule has 1 aromatic carbocycles. The van der Waals surface area contributed by atoms with Crippen LogP contribution in [0.4, 0.5) is 0 Å². The molecule has 2 saturated heterocycles. The number of carbonyl (C=O) groups excluding carboxylic acids is 3. The first kappa shape index (κ1) is 33.8. The minimum Gasteiger partial charge on any atom is -0.456 e. The van der Waals surface area contributed by atoms with Crippen LogP contribution in [-0.4, -0.2) is 90.1 Å². The summed E-state index contributed by atoms with van der Waals surface area (Å²) in [6.45, 7) is 8.07. The van der Waals surface area contributed by atoms with E-state index in [4.69, 9.17) is 24.1 Å². The summed E-state index contributed by atoms with van der Waals surface area (Å²) >= 11 is 0. The molecule has 3 aliphatic carbocycles. The first-order chi connectivity index (χ1) is 22.4. The van der Waals surface area contributed by atoms with E-state index in [0.717, 1.165) is 37.7 Å². The fourth-order valence-corrected chi connectivity index (χ4v) is 8.03. The van der Waals surface area contributed by atoms with Crippen molar-refractivity contribution < 1.29 is 43.5 Å². The molecular formula is C36H48N2O9. The van der Waals surface area contributed by atoms with Gasteiger partial charge in [0, 0.05) is 18.5 Å². The molecule has 47 heavy (non-hydrogen) atoms. The number of aliphatic hydroxyl groups excluding tert-OH is 2. The van der Waals surface area contributed by atoms with Gasteiger partial charge < -0.3 is 39.8 Å². The van der Waals surface area contributed by atoms with Crippen molar-refractivity contribution in [3.63, 3.8) is 0 Å². The molecule has 1 unspecified atom stereocenters. The van der Waals surface area contributed by atoms with E-state index in [9.17, 15) is 19.5 Å². The van der Waals surface area contributed by atoms with Crippen LogP contribution in [0, 0.1) is 17.3 Å². The topological polar surface area (TPSA) is 156 Å². The van der Waals surface area contributed by atoms with E-state index < -0.39 is 48.2 Å².